The predicted molar refractivity (Wildman–Crippen MR) is 81.7 cm³/mol. The number of hydrogen-bond donors (Lipinski definition) is 1. The minimum absolute atomic E-state index is 0.402. The van der Waals surface area contributed by atoms with Crippen molar-refractivity contribution in [1.82, 2.24) is 20.1 Å². The number of rotatable bonds is 7. The Bertz CT molecular complexity index is 519. The summed E-state index contributed by atoms with van der Waals surface area (Å²) in [7, 11) is 2.01. The van der Waals surface area contributed by atoms with E-state index in [1.54, 1.807) is 0 Å². The molecule has 1 unspecified atom stereocenters. The first-order valence-electron chi connectivity index (χ1n) is 7.32. The summed E-state index contributed by atoms with van der Waals surface area (Å²) < 4.78 is 1.98. The van der Waals surface area contributed by atoms with E-state index in [-0.39, 0.29) is 0 Å². The summed E-state index contributed by atoms with van der Waals surface area (Å²) >= 11 is 0. The summed E-state index contributed by atoms with van der Waals surface area (Å²) in [5, 5.41) is 8.05. The van der Waals surface area contributed by atoms with Crippen LogP contribution in [-0.4, -0.2) is 27.4 Å². The van der Waals surface area contributed by atoms with Crippen LogP contribution in [0.5, 0.6) is 0 Å². The van der Waals surface area contributed by atoms with E-state index in [9.17, 15) is 0 Å². The van der Waals surface area contributed by atoms with Gasteiger partial charge in [-0.1, -0.05) is 13.0 Å². The Morgan fingerprint density at radius 1 is 1.30 bits per heavy atom. The van der Waals surface area contributed by atoms with Gasteiger partial charge < -0.3 is 5.32 Å². The molecule has 2 heterocycles. The summed E-state index contributed by atoms with van der Waals surface area (Å²) in [6.45, 7) is 5.27. The lowest BCUT2D eigenvalue weighted by molar-refractivity contribution is 0.486. The Balaban J connectivity index is 2.05. The van der Waals surface area contributed by atoms with E-state index in [1.807, 2.05) is 37.0 Å². The topological polar surface area (TPSA) is 42.7 Å². The number of nitrogens with zero attached hydrogens (tertiary/aromatic N) is 3. The van der Waals surface area contributed by atoms with Gasteiger partial charge in [-0.25, -0.2) is 0 Å². The number of aryl methyl sites for hydroxylation is 2. The molecule has 1 atom stereocenters. The lowest BCUT2D eigenvalue weighted by Gasteiger charge is -2.18. The molecule has 0 aliphatic heterocycles. The van der Waals surface area contributed by atoms with Crippen molar-refractivity contribution in [1.29, 1.82) is 0 Å². The van der Waals surface area contributed by atoms with Crippen LogP contribution in [-0.2, 0) is 19.9 Å². The predicted octanol–water partition coefficient (Wildman–Crippen LogP) is 2.28. The molecule has 2 aromatic heterocycles. The van der Waals surface area contributed by atoms with Crippen LogP contribution in [0.1, 0.15) is 30.4 Å². The third kappa shape index (κ3) is 4.17. The Hall–Kier alpha value is -1.68. The van der Waals surface area contributed by atoms with Crippen LogP contribution in [0, 0.1) is 6.92 Å². The van der Waals surface area contributed by atoms with Gasteiger partial charge in [0.25, 0.3) is 0 Å². The maximum Gasteiger partial charge on any atom is 0.0596 e. The normalized spacial score (nSPS) is 12.6. The van der Waals surface area contributed by atoms with Gasteiger partial charge in [-0.3, -0.25) is 9.67 Å². The van der Waals surface area contributed by atoms with Gasteiger partial charge in [0.05, 0.1) is 5.69 Å². The molecule has 0 aliphatic carbocycles. The highest BCUT2D eigenvalue weighted by molar-refractivity contribution is 5.12. The molecule has 0 amide bonds. The number of nitrogens with one attached hydrogen (secondary N) is 1. The summed E-state index contributed by atoms with van der Waals surface area (Å²) in [5.74, 6) is 0. The SMILES string of the molecule is CCCNC(Cc1ccccn1)Cc1cc(C)nn1C. The molecule has 4 nitrogen and oxygen atoms in total. The molecule has 20 heavy (non-hydrogen) atoms. The highest BCUT2D eigenvalue weighted by Crippen LogP contribution is 2.09. The van der Waals surface area contributed by atoms with Crippen molar-refractivity contribution in [3.8, 4) is 0 Å². The molecular formula is C16H24N4. The monoisotopic (exact) mass is 272 g/mol. The van der Waals surface area contributed by atoms with Crippen molar-refractivity contribution in [2.75, 3.05) is 6.54 Å². The molecule has 0 aliphatic rings. The Morgan fingerprint density at radius 2 is 2.15 bits per heavy atom. The Labute approximate surface area is 121 Å². The molecule has 0 saturated heterocycles. The Morgan fingerprint density at radius 3 is 2.75 bits per heavy atom. The summed E-state index contributed by atoms with van der Waals surface area (Å²) in [6, 6.07) is 8.67. The molecule has 0 aromatic carbocycles. The van der Waals surface area contributed by atoms with E-state index in [2.05, 4.69) is 34.5 Å². The van der Waals surface area contributed by atoms with Gasteiger partial charge in [-0.2, -0.15) is 5.10 Å². The molecule has 2 aromatic rings. The van der Waals surface area contributed by atoms with Crippen LogP contribution in [0.15, 0.2) is 30.5 Å². The standard InChI is InChI=1S/C16H24N4/c1-4-8-17-15(11-14-7-5-6-9-18-14)12-16-10-13(2)19-20(16)3/h5-7,9-10,15,17H,4,8,11-12H2,1-3H3. The van der Waals surface area contributed by atoms with E-state index < -0.39 is 0 Å². The maximum atomic E-state index is 4.43. The third-order valence-corrected chi connectivity index (χ3v) is 3.42. The molecule has 0 radical (unpaired) electrons. The van der Waals surface area contributed by atoms with Crippen LogP contribution in [0.2, 0.25) is 0 Å². The van der Waals surface area contributed by atoms with Crippen LogP contribution < -0.4 is 5.32 Å². The largest absolute Gasteiger partial charge is 0.313 e. The first-order valence-corrected chi connectivity index (χ1v) is 7.32. The zero-order valence-electron chi connectivity index (χ0n) is 12.6. The first-order chi connectivity index (χ1) is 9.69. The number of pyridine rings is 1. The highest BCUT2D eigenvalue weighted by atomic mass is 15.3. The molecule has 1 N–H and O–H groups in total. The van der Waals surface area contributed by atoms with E-state index in [0.717, 1.165) is 37.2 Å². The van der Waals surface area contributed by atoms with Gasteiger partial charge in [-0.15, -0.1) is 0 Å². The van der Waals surface area contributed by atoms with Gasteiger partial charge in [0.2, 0.25) is 0 Å². The minimum atomic E-state index is 0.402. The summed E-state index contributed by atoms with van der Waals surface area (Å²) in [6.07, 6.45) is 4.93. The zero-order valence-corrected chi connectivity index (χ0v) is 12.6. The molecule has 108 valence electrons. The van der Waals surface area contributed by atoms with Crippen molar-refractivity contribution in [3.05, 3.63) is 47.5 Å². The molecule has 0 saturated carbocycles. The van der Waals surface area contributed by atoms with Crippen molar-refractivity contribution in [2.45, 2.75) is 39.2 Å². The van der Waals surface area contributed by atoms with Crippen molar-refractivity contribution >= 4 is 0 Å². The Kier molecular flexibility index (Phi) is 5.30. The van der Waals surface area contributed by atoms with Crippen molar-refractivity contribution < 1.29 is 0 Å². The number of aromatic nitrogens is 3. The fourth-order valence-corrected chi connectivity index (χ4v) is 2.44. The van der Waals surface area contributed by atoms with Crippen LogP contribution in [0.3, 0.4) is 0 Å². The quantitative estimate of drug-likeness (QED) is 0.841. The fourth-order valence-electron chi connectivity index (χ4n) is 2.44. The second kappa shape index (κ2) is 7.20. The lowest BCUT2D eigenvalue weighted by atomic mass is 10.0. The average Bonchev–Trinajstić information content (AvgIpc) is 2.75. The number of hydrogen-bond acceptors (Lipinski definition) is 3. The van der Waals surface area contributed by atoms with Gasteiger partial charge in [0, 0.05) is 43.5 Å². The molecule has 0 spiro atoms. The van der Waals surface area contributed by atoms with E-state index in [0.29, 0.717) is 6.04 Å². The second-order valence-electron chi connectivity index (χ2n) is 5.28. The zero-order chi connectivity index (χ0) is 14.4. The lowest BCUT2D eigenvalue weighted by Crippen LogP contribution is -2.34. The summed E-state index contributed by atoms with van der Waals surface area (Å²) in [5.41, 5.74) is 3.49. The van der Waals surface area contributed by atoms with E-state index >= 15 is 0 Å². The van der Waals surface area contributed by atoms with Crippen LogP contribution in [0.4, 0.5) is 0 Å². The van der Waals surface area contributed by atoms with Crippen LogP contribution in [0.25, 0.3) is 0 Å². The third-order valence-electron chi connectivity index (χ3n) is 3.42. The van der Waals surface area contributed by atoms with E-state index in [4.69, 9.17) is 0 Å². The van der Waals surface area contributed by atoms with Gasteiger partial charge in [0.1, 0.15) is 0 Å². The van der Waals surface area contributed by atoms with Gasteiger partial charge in [0.15, 0.2) is 0 Å². The molecule has 0 fully saturated rings. The van der Waals surface area contributed by atoms with Gasteiger partial charge >= 0.3 is 0 Å². The molecule has 2 rings (SSSR count). The van der Waals surface area contributed by atoms with E-state index in [1.165, 1.54) is 5.69 Å². The molecule has 0 bridgehead atoms. The molecular weight excluding hydrogens is 248 g/mol. The minimum Gasteiger partial charge on any atom is -0.313 e. The highest BCUT2D eigenvalue weighted by Gasteiger charge is 2.13. The van der Waals surface area contributed by atoms with Gasteiger partial charge in [-0.05, 0) is 38.1 Å². The van der Waals surface area contributed by atoms with Crippen LogP contribution >= 0.6 is 0 Å². The summed E-state index contributed by atoms with van der Waals surface area (Å²) in [4.78, 5) is 4.43. The maximum absolute atomic E-state index is 4.43. The van der Waals surface area contributed by atoms with Crippen molar-refractivity contribution in [3.63, 3.8) is 0 Å². The average molecular weight is 272 g/mol. The molecule has 4 heteroatoms. The smallest absolute Gasteiger partial charge is 0.0596 e. The van der Waals surface area contributed by atoms with Crippen molar-refractivity contribution in [2.24, 2.45) is 7.05 Å². The first kappa shape index (κ1) is 14.7. The second-order valence-corrected chi connectivity index (χ2v) is 5.28. The fraction of sp³-hybridized carbons (Fsp3) is 0.500.